The van der Waals surface area contributed by atoms with Crippen LogP contribution in [0.5, 0.6) is 0 Å². The molecule has 28 heavy (non-hydrogen) atoms. The Kier molecular flexibility index (Phi) is 8.41. The molecule has 2 rings (SSSR count). The van der Waals surface area contributed by atoms with Crippen LogP contribution in [0, 0.1) is 0 Å². The summed E-state index contributed by atoms with van der Waals surface area (Å²) in [4.78, 5) is 37.8. The topological polar surface area (TPSA) is 105 Å². The van der Waals surface area contributed by atoms with Crippen molar-refractivity contribution < 1.29 is 29.0 Å². The second-order valence-electron chi connectivity index (χ2n) is 6.68. The summed E-state index contributed by atoms with van der Waals surface area (Å²) in [7, 11) is 0. The average molecular weight is 392 g/mol. The minimum Gasteiger partial charge on any atom is -0.480 e. The number of benzene rings is 1. The lowest BCUT2D eigenvalue weighted by atomic mass is 10.0. The summed E-state index contributed by atoms with van der Waals surface area (Å²) in [5, 5.41) is 12.4. The summed E-state index contributed by atoms with van der Waals surface area (Å²) in [6.45, 7) is 4.06. The first-order valence-corrected chi connectivity index (χ1v) is 9.51. The number of carboxylic acids is 1. The maximum Gasteiger partial charge on any atom is 0.328 e. The molecule has 1 aromatic rings. The van der Waals surface area contributed by atoms with E-state index in [1.54, 1.807) is 13.8 Å². The highest BCUT2D eigenvalue weighted by Crippen LogP contribution is 2.12. The third-order valence-corrected chi connectivity index (χ3v) is 4.65. The predicted octanol–water partition coefficient (Wildman–Crippen LogP) is 0.841. The van der Waals surface area contributed by atoms with Crippen molar-refractivity contribution in [2.45, 2.75) is 44.8 Å². The van der Waals surface area contributed by atoms with Crippen molar-refractivity contribution >= 4 is 17.8 Å². The molecule has 8 nitrogen and oxygen atoms in total. The third-order valence-electron chi connectivity index (χ3n) is 4.65. The Hall–Kier alpha value is -2.45. The van der Waals surface area contributed by atoms with Gasteiger partial charge in [0.25, 0.3) is 0 Å². The van der Waals surface area contributed by atoms with E-state index in [0.717, 1.165) is 5.56 Å². The highest BCUT2D eigenvalue weighted by atomic mass is 16.5. The number of nitrogens with one attached hydrogen (secondary N) is 1. The minimum absolute atomic E-state index is 0.0386. The average Bonchev–Trinajstić information content (AvgIpc) is 2.71. The van der Waals surface area contributed by atoms with Crippen molar-refractivity contribution in [3.05, 3.63) is 35.9 Å². The van der Waals surface area contributed by atoms with Crippen LogP contribution in [0.4, 0.5) is 0 Å². The van der Waals surface area contributed by atoms with E-state index in [0.29, 0.717) is 12.8 Å². The van der Waals surface area contributed by atoms with Crippen molar-refractivity contribution in [3.8, 4) is 0 Å². The van der Waals surface area contributed by atoms with Gasteiger partial charge in [-0.1, -0.05) is 30.3 Å². The quantitative estimate of drug-likeness (QED) is 0.600. The van der Waals surface area contributed by atoms with Gasteiger partial charge in [0.05, 0.1) is 25.9 Å². The van der Waals surface area contributed by atoms with E-state index in [1.807, 2.05) is 30.3 Å². The molecule has 1 amide bonds. The highest BCUT2D eigenvalue weighted by molar-refractivity contribution is 5.87. The molecule has 0 bridgehead atoms. The second kappa shape index (κ2) is 10.8. The molecule has 1 fully saturated rings. The lowest BCUT2D eigenvalue weighted by Crippen LogP contribution is -2.58. The molecule has 1 aliphatic heterocycles. The van der Waals surface area contributed by atoms with Crippen molar-refractivity contribution in [1.82, 2.24) is 10.2 Å². The van der Waals surface area contributed by atoms with Gasteiger partial charge >= 0.3 is 11.9 Å². The maximum absolute atomic E-state index is 12.8. The number of nitrogens with zero attached hydrogens (tertiary/aromatic N) is 1. The zero-order chi connectivity index (χ0) is 20.5. The molecule has 0 radical (unpaired) electrons. The molecule has 0 aliphatic carbocycles. The smallest absolute Gasteiger partial charge is 0.328 e. The summed E-state index contributed by atoms with van der Waals surface area (Å²) < 4.78 is 10.3. The van der Waals surface area contributed by atoms with Gasteiger partial charge in [0, 0.05) is 6.54 Å². The number of esters is 1. The standard InChI is InChI=1S/C20H28N2O6/c1-3-28-20(26)16(10-9-15-7-5-4-6-8-15)21-14(2)18(23)22-11-12-27-13-17(22)19(24)25/h4-8,14,16-17,21H,3,9-13H2,1-2H3,(H,24,25). The highest BCUT2D eigenvalue weighted by Gasteiger charge is 2.36. The van der Waals surface area contributed by atoms with Crippen LogP contribution < -0.4 is 5.32 Å². The van der Waals surface area contributed by atoms with Crippen LogP contribution in [0.1, 0.15) is 25.8 Å². The van der Waals surface area contributed by atoms with Crippen LogP contribution in [0.3, 0.4) is 0 Å². The van der Waals surface area contributed by atoms with Crippen molar-refractivity contribution in [2.24, 2.45) is 0 Å². The van der Waals surface area contributed by atoms with Gasteiger partial charge in [-0.05, 0) is 32.3 Å². The molecule has 1 aliphatic rings. The SMILES string of the molecule is CCOC(=O)C(CCc1ccccc1)NC(C)C(=O)N1CCOCC1C(=O)O. The number of rotatable bonds is 9. The fourth-order valence-corrected chi connectivity index (χ4v) is 3.16. The second-order valence-corrected chi connectivity index (χ2v) is 6.68. The van der Waals surface area contributed by atoms with Gasteiger partial charge in [-0.2, -0.15) is 0 Å². The van der Waals surface area contributed by atoms with Gasteiger partial charge in [0.1, 0.15) is 6.04 Å². The normalized spacial score (nSPS) is 18.9. The Morgan fingerprint density at radius 1 is 1.32 bits per heavy atom. The number of ether oxygens (including phenoxy) is 2. The van der Waals surface area contributed by atoms with Gasteiger partial charge in [-0.15, -0.1) is 0 Å². The molecular weight excluding hydrogens is 364 g/mol. The monoisotopic (exact) mass is 392 g/mol. The maximum atomic E-state index is 12.8. The minimum atomic E-state index is -1.11. The number of carbonyl (C=O) groups is 3. The summed E-state index contributed by atoms with van der Waals surface area (Å²) in [6.07, 6.45) is 1.11. The number of amides is 1. The number of hydrogen-bond acceptors (Lipinski definition) is 6. The summed E-state index contributed by atoms with van der Waals surface area (Å²) >= 11 is 0. The third kappa shape index (κ3) is 6.03. The molecule has 2 N–H and O–H groups in total. The molecule has 3 atom stereocenters. The molecule has 8 heteroatoms. The molecule has 1 aromatic carbocycles. The Bertz CT molecular complexity index is 666. The molecule has 3 unspecified atom stereocenters. The summed E-state index contributed by atoms with van der Waals surface area (Å²) in [5.41, 5.74) is 1.08. The first-order chi connectivity index (χ1) is 13.4. The van der Waals surface area contributed by atoms with E-state index in [-0.39, 0.29) is 32.3 Å². The number of hydrogen-bond donors (Lipinski definition) is 2. The van der Waals surface area contributed by atoms with E-state index >= 15 is 0 Å². The van der Waals surface area contributed by atoms with Crippen molar-refractivity contribution in [1.29, 1.82) is 0 Å². The van der Waals surface area contributed by atoms with Crippen LogP contribution in [0.25, 0.3) is 0 Å². The summed E-state index contributed by atoms with van der Waals surface area (Å²) in [6, 6.07) is 7.32. The van der Waals surface area contributed by atoms with Crippen LogP contribution in [-0.2, 0) is 30.3 Å². The lowest BCUT2D eigenvalue weighted by molar-refractivity contribution is -0.159. The van der Waals surface area contributed by atoms with Crippen molar-refractivity contribution in [2.75, 3.05) is 26.4 Å². The van der Waals surface area contributed by atoms with Crippen LogP contribution in [-0.4, -0.2) is 72.3 Å². The number of carboxylic acid groups (broad SMARTS) is 1. The molecule has 0 aromatic heterocycles. The van der Waals surface area contributed by atoms with Crippen LogP contribution >= 0.6 is 0 Å². The number of aliphatic carboxylic acids is 1. The lowest BCUT2D eigenvalue weighted by Gasteiger charge is -2.35. The molecule has 1 saturated heterocycles. The molecular formula is C20H28N2O6. The number of carbonyl (C=O) groups excluding carboxylic acids is 2. The predicted molar refractivity (Wildman–Crippen MR) is 102 cm³/mol. The zero-order valence-electron chi connectivity index (χ0n) is 16.3. The molecule has 1 heterocycles. The van der Waals surface area contributed by atoms with E-state index < -0.39 is 30.1 Å². The van der Waals surface area contributed by atoms with E-state index in [4.69, 9.17) is 9.47 Å². The summed E-state index contributed by atoms with van der Waals surface area (Å²) in [5.74, 6) is -1.90. The zero-order valence-corrected chi connectivity index (χ0v) is 16.3. The van der Waals surface area contributed by atoms with E-state index in [9.17, 15) is 19.5 Å². The van der Waals surface area contributed by atoms with E-state index in [2.05, 4.69) is 5.32 Å². The van der Waals surface area contributed by atoms with Gasteiger partial charge < -0.3 is 19.5 Å². The van der Waals surface area contributed by atoms with E-state index in [1.165, 1.54) is 4.90 Å². The van der Waals surface area contributed by atoms with Gasteiger partial charge in [0.2, 0.25) is 5.91 Å². The number of morpholine rings is 1. The Balaban J connectivity index is 2.03. The van der Waals surface area contributed by atoms with Gasteiger partial charge in [0.15, 0.2) is 6.04 Å². The van der Waals surface area contributed by atoms with Gasteiger partial charge in [-0.3, -0.25) is 14.9 Å². The Morgan fingerprint density at radius 2 is 2.04 bits per heavy atom. The van der Waals surface area contributed by atoms with Gasteiger partial charge in [-0.25, -0.2) is 4.79 Å². The first-order valence-electron chi connectivity index (χ1n) is 9.51. The fraction of sp³-hybridized carbons (Fsp3) is 0.550. The Morgan fingerprint density at radius 3 is 2.68 bits per heavy atom. The molecule has 154 valence electrons. The molecule has 0 saturated carbocycles. The van der Waals surface area contributed by atoms with Crippen LogP contribution in [0.15, 0.2) is 30.3 Å². The first kappa shape index (κ1) is 21.8. The number of aryl methyl sites for hydroxylation is 1. The van der Waals surface area contributed by atoms with Crippen molar-refractivity contribution in [3.63, 3.8) is 0 Å². The van der Waals surface area contributed by atoms with Crippen LogP contribution in [0.2, 0.25) is 0 Å². The molecule has 0 spiro atoms. The Labute approximate surface area is 164 Å². The largest absolute Gasteiger partial charge is 0.480 e. The fourth-order valence-electron chi connectivity index (χ4n) is 3.16.